The van der Waals surface area contributed by atoms with Crippen LogP contribution in [0.1, 0.15) is 38.9 Å². The summed E-state index contributed by atoms with van der Waals surface area (Å²) in [6.07, 6.45) is -0.900. The number of aliphatic hydroxyl groups excluding tert-OH is 1. The van der Waals surface area contributed by atoms with Crippen LogP contribution in [0.5, 0.6) is 0 Å². The lowest BCUT2D eigenvalue weighted by molar-refractivity contribution is 0.0319. The summed E-state index contributed by atoms with van der Waals surface area (Å²) in [7, 11) is 0. The maximum Gasteiger partial charge on any atom is 0.338 e. The predicted molar refractivity (Wildman–Crippen MR) is 94.6 cm³/mol. The van der Waals surface area contributed by atoms with E-state index in [0.29, 0.717) is 16.7 Å². The minimum Gasteiger partial charge on any atom is -0.451 e. The second kappa shape index (κ2) is 6.91. The van der Waals surface area contributed by atoms with Gasteiger partial charge in [-0.2, -0.15) is 0 Å². The van der Waals surface area contributed by atoms with Crippen molar-refractivity contribution in [2.45, 2.75) is 26.6 Å². The van der Waals surface area contributed by atoms with Crippen LogP contribution in [0.15, 0.2) is 48.5 Å². The zero-order chi connectivity index (χ0) is 18.0. The standard InChI is InChI=1S/C20H19NO4/c1-12-18(16-5-3-4-6-17(16)21-12)19(23)13(2)25-20(24)15-9-7-14(11-22)8-10-15/h3-10,13,21-22H,11H2,1-2H3. The summed E-state index contributed by atoms with van der Waals surface area (Å²) < 4.78 is 5.33. The Kier molecular flexibility index (Phi) is 4.67. The third-order valence-corrected chi connectivity index (χ3v) is 4.17. The van der Waals surface area contributed by atoms with Crippen molar-refractivity contribution in [2.75, 3.05) is 0 Å². The van der Waals surface area contributed by atoms with Gasteiger partial charge in [-0.25, -0.2) is 4.79 Å². The molecular formula is C20H19NO4. The number of rotatable bonds is 5. The largest absolute Gasteiger partial charge is 0.451 e. The first kappa shape index (κ1) is 16.9. The van der Waals surface area contributed by atoms with Gasteiger partial charge in [-0.1, -0.05) is 30.3 Å². The number of carbonyl (C=O) groups excluding carboxylic acids is 2. The van der Waals surface area contributed by atoms with Gasteiger partial charge in [-0.15, -0.1) is 0 Å². The molecule has 5 nitrogen and oxygen atoms in total. The molecule has 128 valence electrons. The van der Waals surface area contributed by atoms with E-state index >= 15 is 0 Å². The van der Waals surface area contributed by atoms with Crippen molar-refractivity contribution < 1.29 is 19.4 Å². The summed E-state index contributed by atoms with van der Waals surface area (Å²) in [6.45, 7) is 3.31. The van der Waals surface area contributed by atoms with E-state index in [1.54, 1.807) is 31.2 Å². The number of aliphatic hydroxyl groups is 1. The number of hydrogen-bond donors (Lipinski definition) is 2. The molecule has 0 aliphatic carbocycles. The van der Waals surface area contributed by atoms with Crippen LogP contribution < -0.4 is 0 Å². The van der Waals surface area contributed by atoms with E-state index in [0.717, 1.165) is 16.6 Å². The molecule has 0 aliphatic rings. The van der Waals surface area contributed by atoms with Crippen molar-refractivity contribution in [3.05, 3.63) is 70.9 Å². The fourth-order valence-electron chi connectivity index (χ4n) is 2.83. The number of hydrogen-bond acceptors (Lipinski definition) is 4. The number of para-hydroxylation sites is 1. The number of Topliss-reactive ketones (excluding diaryl/α,β-unsaturated/α-hetero) is 1. The van der Waals surface area contributed by atoms with Crippen LogP contribution in [-0.2, 0) is 11.3 Å². The molecule has 5 heteroatoms. The zero-order valence-electron chi connectivity index (χ0n) is 14.1. The van der Waals surface area contributed by atoms with Crippen molar-refractivity contribution in [3.8, 4) is 0 Å². The first-order valence-corrected chi connectivity index (χ1v) is 8.03. The molecule has 0 radical (unpaired) electrons. The SMILES string of the molecule is Cc1[nH]c2ccccc2c1C(=O)C(C)OC(=O)c1ccc(CO)cc1. The number of esters is 1. The second-order valence-corrected chi connectivity index (χ2v) is 5.94. The Morgan fingerprint density at radius 2 is 1.80 bits per heavy atom. The molecule has 0 amide bonds. The molecule has 0 bridgehead atoms. The number of ketones is 1. The van der Waals surface area contributed by atoms with Crippen LogP contribution in [0.4, 0.5) is 0 Å². The molecule has 0 aliphatic heterocycles. The highest BCUT2D eigenvalue weighted by molar-refractivity contribution is 6.11. The third-order valence-electron chi connectivity index (χ3n) is 4.17. The zero-order valence-corrected chi connectivity index (χ0v) is 14.1. The highest BCUT2D eigenvalue weighted by Gasteiger charge is 2.24. The van der Waals surface area contributed by atoms with Crippen molar-refractivity contribution in [2.24, 2.45) is 0 Å². The Balaban J connectivity index is 1.79. The molecular weight excluding hydrogens is 318 g/mol. The maximum absolute atomic E-state index is 12.8. The van der Waals surface area contributed by atoms with Gasteiger partial charge in [0.2, 0.25) is 5.78 Å². The molecule has 1 atom stereocenters. The molecule has 0 spiro atoms. The van der Waals surface area contributed by atoms with E-state index in [2.05, 4.69) is 4.98 Å². The number of ether oxygens (including phenoxy) is 1. The van der Waals surface area contributed by atoms with Crippen LogP contribution in [-0.4, -0.2) is 27.9 Å². The Hall–Kier alpha value is -2.92. The Morgan fingerprint density at radius 3 is 2.48 bits per heavy atom. The molecule has 3 aromatic rings. The summed E-state index contributed by atoms with van der Waals surface area (Å²) >= 11 is 0. The minimum absolute atomic E-state index is 0.0932. The van der Waals surface area contributed by atoms with Crippen LogP contribution in [0.25, 0.3) is 10.9 Å². The topological polar surface area (TPSA) is 79.4 Å². The van der Waals surface area contributed by atoms with Crippen molar-refractivity contribution >= 4 is 22.7 Å². The molecule has 0 saturated carbocycles. The van der Waals surface area contributed by atoms with Gasteiger partial charge in [0.25, 0.3) is 0 Å². The fourth-order valence-corrected chi connectivity index (χ4v) is 2.83. The fraction of sp³-hybridized carbons (Fsp3) is 0.200. The first-order valence-electron chi connectivity index (χ1n) is 8.03. The van der Waals surface area contributed by atoms with Gasteiger partial charge < -0.3 is 14.8 Å². The summed E-state index contributed by atoms with van der Waals surface area (Å²) in [5.41, 5.74) is 3.22. The highest BCUT2D eigenvalue weighted by Crippen LogP contribution is 2.24. The number of H-pyrrole nitrogens is 1. The van der Waals surface area contributed by atoms with Gasteiger partial charge >= 0.3 is 5.97 Å². The number of carbonyl (C=O) groups is 2. The summed E-state index contributed by atoms with van der Waals surface area (Å²) in [4.78, 5) is 28.2. The van der Waals surface area contributed by atoms with Crippen LogP contribution >= 0.6 is 0 Å². The molecule has 2 aromatic carbocycles. The molecule has 1 heterocycles. The molecule has 1 unspecified atom stereocenters. The van der Waals surface area contributed by atoms with Gasteiger partial charge in [-0.3, -0.25) is 4.79 Å². The Labute approximate surface area is 145 Å². The van der Waals surface area contributed by atoms with E-state index in [1.165, 1.54) is 0 Å². The van der Waals surface area contributed by atoms with Gasteiger partial charge in [0, 0.05) is 22.2 Å². The Morgan fingerprint density at radius 1 is 1.12 bits per heavy atom. The van der Waals surface area contributed by atoms with Crippen LogP contribution in [0.2, 0.25) is 0 Å². The molecule has 1 aromatic heterocycles. The molecule has 3 rings (SSSR count). The normalized spacial score (nSPS) is 12.1. The van der Waals surface area contributed by atoms with Gasteiger partial charge in [0.05, 0.1) is 12.2 Å². The van der Waals surface area contributed by atoms with E-state index < -0.39 is 12.1 Å². The van der Waals surface area contributed by atoms with E-state index in [9.17, 15) is 9.59 Å². The lowest BCUT2D eigenvalue weighted by atomic mass is 10.0. The summed E-state index contributed by atoms with van der Waals surface area (Å²) in [5.74, 6) is -0.807. The minimum atomic E-state index is -0.900. The average molecular weight is 337 g/mol. The second-order valence-electron chi connectivity index (χ2n) is 5.94. The monoisotopic (exact) mass is 337 g/mol. The first-order chi connectivity index (χ1) is 12.0. The number of nitrogens with one attached hydrogen (secondary N) is 1. The predicted octanol–water partition coefficient (Wildman–Crippen LogP) is 3.40. The molecule has 0 fully saturated rings. The van der Waals surface area contributed by atoms with E-state index in [-0.39, 0.29) is 12.4 Å². The van der Waals surface area contributed by atoms with Gasteiger partial charge in [-0.05, 0) is 37.6 Å². The van der Waals surface area contributed by atoms with E-state index in [4.69, 9.17) is 9.84 Å². The smallest absolute Gasteiger partial charge is 0.338 e. The van der Waals surface area contributed by atoms with Crippen molar-refractivity contribution in [1.29, 1.82) is 0 Å². The van der Waals surface area contributed by atoms with Crippen molar-refractivity contribution in [3.63, 3.8) is 0 Å². The molecule has 0 saturated heterocycles. The Bertz CT molecular complexity index is 925. The average Bonchev–Trinajstić information content (AvgIpc) is 2.96. The number of fused-ring (bicyclic) bond motifs is 1. The van der Waals surface area contributed by atoms with Crippen LogP contribution in [0, 0.1) is 6.92 Å². The van der Waals surface area contributed by atoms with E-state index in [1.807, 2.05) is 31.2 Å². The van der Waals surface area contributed by atoms with Gasteiger partial charge in [0.15, 0.2) is 6.10 Å². The molecule has 25 heavy (non-hydrogen) atoms. The number of aromatic amines is 1. The van der Waals surface area contributed by atoms with Crippen LogP contribution in [0.3, 0.4) is 0 Å². The molecule has 2 N–H and O–H groups in total. The maximum atomic E-state index is 12.8. The summed E-state index contributed by atoms with van der Waals surface area (Å²) in [6, 6.07) is 14.0. The summed E-state index contributed by atoms with van der Waals surface area (Å²) in [5, 5.41) is 9.86. The third kappa shape index (κ3) is 3.32. The number of benzene rings is 2. The quantitative estimate of drug-likeness (QED) is 0.552. The lowest BCUT2D eigenvalue weighted by Crippen LogP contribution is -2.24. The number of aromatic nitrogens is 1. The lowest BCUT2D eigenvalue weighted by Gasteiger charge is -2.13. The van der Waals surface area contributed by atoms with Crippen molar-refractivity contribution in [1.82, 2.24) is 4.98 Å². The highest BCUT2D eigenvalue weighted by atomic mass is 16.5. The van der Waals surface area contributed by atoms with Gasteiger partial charge in [0.1, 0.15) is 0 Å². The number of aryl methyl sites for hydroxylation is 1.